The Balaban J connectivity index is 3.01. The van der Waals surface area contributed by atoms with E-state index in [1.807, 2.05) is 11.6 Å². The summed E-state index contributed by atoms with van der Waals surface area (Å²) in [6.07, 6.45) is 0. The molecule has 5 nitrogen and oxygen atoms in total. The molecule has 1 aromatic heterocycles. The van der Waals surface area contributed by atoms with Crippen molar-refractivity contribution in [3.63, 3.8) is 0 Å². The summed E-state index contributed by atoms with van der Waals surface area (Å²) in [6.45, 7) is 10.5. The molecule has 0 spiro atoms. The SMILES string of the molecule is CC(N)c1nnnn1C(C)C(C)(C)C. The minimum atomic E-state index is -0.130. The van der Waals surface area contributed by atoms with Gasteiger partial charge >= 0.3 is 0 Å². The van der Waals surface area contributed by atoms with Gasteiger partial charge in [0.05, 0.1) is 12.1 Å². The number of nitrogens with zero attached hydrogens (tertiary/aromatic N) is 4. The molecule has 80 valence electrons. The first-order valence-electron chi connectivity index (χ1n) is 4.87. The first kappa shape index (κ1) is 11.1. The summed E-state index contributed by atoms with van der Waals surface area (Å²) in [5.74, 6) is 0.743. The Morgan fingerprint density at radius 1 is 1.29 bits per heavy atom. The fraction of sp³-hybridized carbons (Fsp3) is 0.889. The maximum Gasteiger partial charge on any atom is 0.167 e. The zero-order chi connectivity index (χ0) is 10.9. The molecule has 0 bridgehead atoms. The predicted molar refractivity (Wildman–Crippen MR) is 54.6 cm³/mol. The molecule has 0 aliphatic heterocycles. The smallest absolute Gasteiger partial charge is 0.167 e. The van der Waals surface area contributed by atoms with Crippen LogP contribution in [-0.4, -0.2) is 20.2 Å². The number of rotatable bonds is 2. The van der Waals surface area contributed by atoms with Crippen LogP contribution in [0.25, 0.3) is 0 Å². The van der Waals surface area contributed by atoms with Gasteiger partial charge in [0.25, 0.3) is 0 Å². The standard InChI is InChI=1S/C9H19N5/c1-6(10)8-11-12-13-14(8)7(2)9(3,4)5/h6-7H,10H2,1-5H3. The molecule has 0 aliphatic carbocycles. The zero-order valence-corrected chi connectivity index (χ0v) is 9.52. The predicted octanol–water partition coefficient (Wildman–Crippen LogP) is 1.30. The Bertz CT molecular complexity index is 296. The van der Waals surface area contributed by atoms with Crippen LogP contribution in [0.3, 0.4) is 0 Å². The third-order valence-electron chi connectivity index (χ3n) is 2.55. The minimum Gasteiger partial charge on any atom is -0.322 e. The topological polar surface area (TPSA) is 69.6 Å². The van der Waals surface area contributed by atoms with Gasteiger partial charge in [-0.2, -0.15) is 0 Å². The highest BCUT2D eigenvalue weighted by atomic mass is 15.6. The molecule has 0 aliphatic rings. The molecule has 1 heterocycles. The highest BCUT2D eigenvalue weighted by molar-refractivity contribution is 4.91. The second-order valence-electron chi connectivity index (χ2n) is 4.81. The van der Waals surface area contributed by atoms with E-state index in [1.54, 1.807) is 0 Å². The van der Waals surface area contributed by atoms with E-state index in [9.17, 15) is 0 Å². The van der Waals surface area contributed by atoms with Gasteiger partial charge < -0.3 is 5.73 Å². The van der Waals surface area contributed by atoms with Gasteiger partial charge in [-0.25, -0.2) is 4.68 Å². The number of tetrazole rings is 1. The largest absolute Gasteiger partial charge is 0.322 e. The molecule has 2 atom stereocenters. The molecule has 1 rings (SSSR count). The van der Waals surface area contributed by atoms with Crippen LogP contribution in [-0.2, 0) is 0 Å². The van der Waals surface area contributed by atoms with Crippen LogP contribution in [0.5, 0.6) is 0 Å². The summed E-state index contributed by atoms with van der Waals surface area (Å²) in [6, 6.07) is 0.105. The van der Waals surface area contributed by atoms with Gasteiger partial charge in [0.2, 0.25) is 0 Å². The fourth-order valence-electron chi connectivity index (χ4n) is 1.14. The number of hydrogen-bond acceptors (Lipinski definition) is 4. The quantitative estimate of drug-likeness (QED) is 0.775. The van der Waals surface area contributed by atoms with E-state index in [-0.39, 0.29) is 17.5 Å². The maximum atomic E-state index is 5.78. The Morgan fingerprint density at radius 2 is 1.86 bits per heavy atom. The van der Waals surface area contributed by atoms with E-state index >= 15 is 0 Å². The first-order valence-corrected chi connectivity index (χ1v) is 4.87. The summed E-state index contributed by atoms with van der Waals surface area (Å²) in [7, 11) is 0. The summed E-state index contributed by atoms with van der Waals surface area (Å²) in [5.41, 5.74) is 5.90. The van der Waals surface area contributed by atoms with Crippen molar-refractivity contribution in [1.29, 1.82) is 0 Å². The average molecular weight is 197 g/mol. The lowest BCUT2D eigenvalue weighted by molar-refractivity contribution is 0.234. The Morgan fingerprint density at radius 3 is 2.29 bits per heavy atom. The van der Waals surface area contributed by atoms with Crippen molar-refractivity contribution in [3.05, 3.63) is 5.82 Å². The van der Waals surface area contributed by atoms with Crippen molar-refractivity contribution in [1.82, 2.24) is 20.2 Å². The highest BCUT2D eigenvalue weighted by Crippen LogP contribution is 2.30. The summed E-state index contributed by atoms with van der Waals surface area (Å²) < 4.78 is 1.81. The Labute approximate surface area is 84.7 Å². The molecule has 2 unspecified atom stereocenters. The second-order valence-corrected chi connectivity index (χ2v) is 4.81. The van der Waals surface area contributed by atoms with Crippen LogP contribution in [0.2, 0.25) is 0 Å². The molecule has 0 radical (unpaired) electrons. The van der Waals surface area contributed by atoms with Gasteiger partial charge in [-0.1, -0.05) is 20.8 Å². The first-order chi connectivity index (χ1) is 6.34. The third-order valence-corrected chi connectivity index (χ3v) is 2.55. The molecule has 2 N–H and O–H groups in total. The van der Waals surface area contributed by atoms with Crippen molar-refractivity contribution in [2.24, 2.45) is 11.1 Å². The Hall–Kier alpha value is -0.970. The lowest BCUT2D eigenvalue weighted by Gasteiger charge is -2.28. The van der Waals surface area contributed by atoms with Gasteiger partial charge in [-0.3, -0.25) is 0 Å². The lowest BCUT2D eigenvalue weighted by atomic mass is 9.88. The van der Waals surface area contributed by atoms with E-state index in [0.717, 1.165) is 5.82 Å². The van der Waals surface area contributed by atoms with E-state index in [0.29, 0.717) is 0 Å². The second kappa shape index (κ2) is 3.65. The van der Waals surface area contributed by atoms with Crippen molar-refractivity contribution in [3.8, 4) is 0 Å². The van der Waals surface area contributed by atoms with Crippen LogP contribution in [0.1, 0.15) is 52.5 Å². The summed E-state index contributed by atoms with van der Waals surface area (Å²) >= 11 is 0. The molecule has 0 saturated carbocycles. The average Bonchev–Trinajstić information content (AvgIpc) is 2.48. The van der Waals surface area contributed by atoms with E-state index in [2.05, 4.69) is 43.2 Å². The highest BCUT2D eigenvalue weighted by Gasteiger charge is 2.26. The van der Waals surface area contributed by atoms with Crippen molar-refractivity contribution < 1.29 is 0 Å². The fourth-order valence-corrected chi connectivity index (χ4v) is 1.14. The van der Waals surface area contributed by atoms with E-state index < -0.39 is 0 Å². The minimum absolute atomic E-state index is 0.124. The molecule has 14 heavy (non-hydrogen) atoms. The number of hydrogen-bond donors (Lipinski definition) is 1. The molecular formula is C9H19N5. The summed E-state index contributed by atoms with van der Waals surface area (Å²) in [5, 5.41) is 11.6. The van der Waals surface area contributed by atoms with Gasteiger partial charge in [-0.15, -0.1) is 5.10 Å². The van der Waals surface area contributed by atoms with Crippen molar-refractivity contribution in [2.45, 2.75) is 46.7 Å². The van der Waals surface area contributed by atoms with Gasteiger partial charge in [-0.05, 0) is 29.7 Å². The van der Waals surface area contributed by atoms with Crippen LogP contribution < -0.4 is 5.73 Å². The van der Waals surface area contributed by atoms with Crippen LogP contribution in [0.4, 0.5) is 0 Å². The molecule has 0 saturated heterocycles. The van der Waals surface area contributed by atoms with Gasteiger partial charge in [0.1, 0.15) is 0 Å². The molecular weight excluding hydrogens is 178 g/mol. The molecule has 0 fully saturated rings. The van der Waals surface area contributed by atoms with E-state index in [1.165, 1.54) is 0 Å². The zero-order valence-electron chi connectivity index (χ0n) is 9.52. The Kier molecular flexibility index (Phi) is 2.89. The maximum absolute atomic E-state index is 5.78. The molecule has 5 heteroatoms. The van der Waals surface area contributed by atoms with Gasteiger partial charge in [0.15, 0.2) is 5.82 Å². The molecule has 1 aromatic rings. The molecule has 0 aromatic carbocycles. The molecule has 0 amide bonds. The number of aromatic nitrogens is 4. The van der Waals surface area contributed by atoms with Crippen molar-refractivity contribution >= 4 is 0 Å². The van der Waals surface area contributed by atoms with E-state index in [4.69, 9.17) is 5.73 Å². The third kappa shape index (κ3) is 2.09. The van der Waals surface area contributed by atoms with Crippen LogP contribution in [0.15, 0.2) is 0 Å². The van der Waals surface area contributed by atoms with Gasteiger partial charge in [0, 0.05) is 0 Å². The monoisotopic (exact) mass is 197 g/mol. The normalized spacial score (nSPS) is 16.7. The van der Waals surface area contributed by atoms with Crippen LogP contribution >= 0.6 is 0 Å². The van der Waals surface area contributed by atoms with Crippen molar-refractivity contribution in [2.75, 3.05) is 0 Å². The summed E-state index contributed by atoms with van der Waals surface area (Å²) in [4.78, 5) is 0. The number of nitrogens with two attached hydrogens (primary N) is 1. The van der Waals surface area contributed by atoms with Crippen LogP contribution in [0, 0.1) is 5.41 Å². The lowest BCUT2D eigenvalue weighted by Crippen LogP contribution is -2.26.